The molecule has 2 saturated heterocycles. The Morgan fingerprint density at radius 3 is 2.60 bits per heavy atom. The van der Waals surface area contributed by atoms with Gasteiger partial charge in [-0.3, -0.25) is 19.8 Å². The minimum absolute atomic E-state index is 0.0402. The highest BCUT2D eigenvalue weighted by atomic mass is 19.1. The van der Waals surface area contributed by atoms with Crippen LogP contribution in [0.2, 0.25) is 0 Å². The summed E-state index contributed by atoms with van der Waals surface area (Å²) in [7, 11) is 0. The average molecular weight is 477 g/mol. The molecule has 35 heavy (non-hydrogen) atoms. The summed E-state index contributed by atoms with van der Waals surface area (Å²) in [6, 6.07) is 10.3. The lowest BCUT2D eigenvalue weighted by molar-refractivity contribution is -0.134. The van der Waals surface area contributed by atoms with E-state index in [9.17, 15) is 14.0 Å². The van der Waals surface area contributed by atoms with Crippen LogP contribution >= 0.6 is 0 Å². The molecule has 3 fully saturated rings. The molecule has 1 saturated carbocycles. The van der Waals surface area contributed by atoms with Crippen molar-refractivity contribution in [3.8, 4) is 5.69 Å². The minimum atomic E-state index is -0.286. The van der Waals surface area contributed by atoms with Gasteiger partial charge in [-0.2, -0.15) is 0 Å². The summed E-state index contributed by atoms with van der Waals surface area (Å²) in [6.45, 7) is 2.57. The number of nitrogens with one attached hydrogen (secondary N) is 2. The number of aromatic nitrogens is 2. The maximum Gasteiger partial charge on any atom is 0.255 e. The molecule has 2 N–H and O–H groups in total. The fourth-order valence-electron chi connectivity index (χ4n) is 5.64. The summed E-state index contributed by atoms with van der Waals surface area (Å²) < 4.78 is 15.2. The lowest BCUT2D eigenvalue weighted by Gasteiger charge is -2.46. The Labute approximate surface area is 203 Å². The maximum absolute atomic E-state index is 13.3. The largest absolute Gasteiger partial charge is 0.336 e. The highest BCUT2D eigenvalue weighted by molar-refractivity contribution is 5.97. The highest BCUT2D eigenvalue weighted by Gasteiger charge is 2.40. The monoisotopic (exact) mass is 476 g/mol. The number of rotatable bonds is 3. The van der Waals surface area contributed by atoms with Crippen LogP contribution in [-0.2, 0) is 4.79 Å². The molecule has 8 nitrogen and oxygen atoms in total. The van der Waals surface area contributed by atoms with Crippen LogP contribution in [0.15, 0.2) is 48.8 Å². The summed E-state index contributed by atoms with van der Waals surface area (Å²) in [5.41, 5.74) is 2.09. The van der Waals surface area contributed by atoms with Crippen molar-refractivity contribution in [1.82, 2.24) is 30.0 Å². The van der Waals surface area contributed by atoms with Crippen molar-refractivity contribution >= 4 is 22.8 Å². The molecule has 2 amide bonds. The molecule has 3 aromatic rings. The molecule has 6 rings (SSSR count). The van der Waals surface area contributed by atoms with Crippen LogP contribution in [0.5, 0.6) is 0 Å². The van der Waals surface area contributed by atoms with Crippen LogP contribution in [0.4, 0.5) is 4.39 Å². The second kappa shape index (κ2) is 9.05. The molecule has 2 aliphatic heterocycles. The third-order valence-electron chi connectivity index (χ3n) is 7.60. The smallest absolute Gasteiger partial charge is 0.255 e. The summed E-state index contributed by atoms with van der Waals surface area (Å²) in [5, 5.41) is 7.62. The number of benzene rings is 1. The number of carbonyl (C=O) groups is 2. The van der Waals surface area contributed by atoms with E-state index in [1.807, 2.05) is 27.8 Å². The molecule has 1 aliphatic carbocycles. The van der Waals surface area contributed by atoms with E-state index in [2.05, 4.69) is 20.5 Å². The topological polar surface area (TPSA) is 82.5 Å². The summed E-state index contributed by atoms with van der Waals surface area (Å²) in [5.74, 6) is -0.0836. The number of pyridine rings is 1. The van der Waals surface area contributed by atoms with Gasteiger partial charge in [0.2, 0.25) is 5.91 Å². The van der Waals surface area contributed by atoms with Crippen LogP contribution in [0.1, 0.15) is 36.0 Å². The third kappa shape index (κ3) is 4.19. The number of hydrogen-bond donors (Lipinski definition) is 2. The summed E-state index contributed by atoms with van der Waals surface area (Å²) in [6.07, 6.45) is 7.63. The van der Waals surface area contributed by atoms with E-state index in [-0.39, 0.29) is 35.9 Å². The van der Waals surface area contributed by atoms with Gasteiger partial charge in [-0.1, -0.05) is 12.8 Å². The SMILES string of the molecule is O=C1NC(N2CCN(C(=O)c3cnc4c(ccn4-c4ccc(F)cc4)c3)CC2)NC2CCCCC12. The number of amides is 2. The predicted octanol–water partition coefficient (Wildman–Crippen LogP) is 2.48. The second-order valence-electron chi connectivity index (χ2n) is 9.70. The molecule has 0 radical (unpaired) electrons. The molecular formula is C26H29FN6O2. The Kier molecular flexibility index (Phi) is 5.74. The fourth-order valence-corrected chi connectivity index (χ4v) is 5.64. The third-order valence-corrected chi connectivity index (χ3v) is 7.60. The molecule has 0 bridgehead atoms. The van der Waals surface area contributed by atoms with Gasteiger partial charge in [0.15, 0.2) is 0 Å². The normalized spacial score (nSPS) is 25.3. The van der Waals surface area contributed by atoms with Gasteiger partial charge >= 0.3 is 0 Å². The first kappa shape index (κ1) is 22.2. The molecule has 4 heterocycles. The van der Waals surface area contributed by atoms with Gasteiger partial charge in [-0.15, -0.1) is 0 Å². The Morgan fingerprint density at radius 2 is 1.80 bits per heavy atom. The van der Waals surface area contributed by atoms with Gasteiger partial charge in [-0.05, 0) is 49.2 Å². The quantitative estimate of drug-likeness (QED) is 0.607. The second-order valence-corrected chi connectivity index (χ2v) is 9.70. The molecule has 1 aromatic carbocycles. The Hall–Kier alpha value is -3.30. The van der Waals surface area contributed by atoms with Gasteiger partial charge in [0.05, 0.1) is 11.5 Å². The van der Waals surface area contributed by atoms with Gasteiger partial charge in [0, 0.05) is 55.7 Å². The van der Waals surface area contributed by atoms with Crippen molar-refractivity contribution in [2.75, 3.05) is 26.2 Å². The zero-order chi connectivity index (χ0) is 23.9. The maximum atomic E-state index is 13.3. The molecular weight excluding hydrogens is 447 g/mol. The Balaban J connectivity index is 1.11. The van der Waals surface area contributed by atoms with Crippen LogP contribution < -0.4 is 10.6 Å². The van der Waals surface area contributed by atoms with E-state index < -0.39 is 0 Å². The molecule has 182 valence electrons. The molecule has 3 aliphatic rings. The predicted molar refractivity (Wildman–Crippen MR) is 129 cm³/mol. The highest BCUT2D eigenvalue weighted by Crippen LogP contribution is 2.28. The first-order valence-electron chi connectivity index (χ1n) is 12.4. The number of carbonyl (C=O) groups excluding carboxylic acids is 2. The zero-order valence-corrected chi connectivity index (χ0v) is 19.5. The van der Waals surface area contributed by atoms with Gasteiger partial charge in [0.25, 0.3) is 5.91 Å². The Bertz CT molecular complexity index is 1250. The number of fused-ring (bicyclic) bond motifs is 2. The van der Waals surface area contributed by atoms with Gasteiger partial charge < -0.3 is 14.8 Å². The van der Waals surface area contributed by atoms with Crippen molar-refractivity contribution in [2.45, 2.75) is 38.0 Å². The number of halogens is 1. The lowest BCUT2D eigenvalue weighted by Crippen LogP contribution is -2.69. The first-order valence-corrected chi connectivity index (χ1v) is 12.4. The molecule has 3 atom stereocenters. The number of nitrogens with zero attached hydrogens (tertiary/aromatic N) is 4. The van der Waals surface area contributed by atoms with Crippen molar-refractivity contribution in [3.63, 3.8) is 0 Å². The van der Waals surface area contributed by atoms with Crippen LogP contribution in [0, 0.1) is 11.7 Å². The molecule has 3 unspecified atom stereocenters. The van der Waals surface area contributed by atoms with Gasteiger partial charge in [-0.25, -0.2) is 9.37 Å². The van der Waals surface area contributed by atoms with Crippen LogP contribution in [0.3, 0.4) is 0 Å². The first-order chi connectivity index (χ1) is 17.1. The van der Waals surface area contributed by atoms with Crippen molar-refractivity contribution in [1.29, 1.82) is 0 Å². The fraction of sp³-hybridized carbons (Fsp3) is 0.423. The number of hydrogen-bond acceptors (Lipinski definition) is 5. The molecule has 0 spiro atoms. The molecule has 2 aromatic heterocycles. The molecule has 9 heteroatoms. The average Bonchev–Trinajstić information content (AvgIpc) is 3.32. The van der Waals surface area contributed by atoms with E-state index in [1.165, 1.54) is 18.6 Å². The lowest BCUT2D eigenvalue weighted by atomic mass is 9.82. The standard InChI is InChI=1S/C26H29FN6O2/c27-19-5-7-20(8-6-19)33-10-9-17-15-18(16-28-23(17)33)25(35)31-11-13-32(14-12-31)26-29-22-4-2-1-3-21(22)24(34)30-26/h5-10,15-16,21-22,26,29H,1-4,11-14H2,(H,30,34). The van der Waals surface area contributed by atoms with E-state index in [4.69, 9.17) is 0 Å². The summed E-state index contributed by atoms with van der Waals surface area (Å²) in [4.78, 5) is 34.4. The van der Waals surface area contributed by atoms with E-state index in [1.54, 1.807) is 18.3 Å². The number of piperazine rings is 1. The Morgan fingerprint density at radius 1 is 1.03 bits per heavy atom. The summed E-state index contributed by atoms with van der Waals surface area (Å²) >= 11 is 0. The van der Waals surface area contributed by atoms with Crippen LogP contribution in [0.25, 0.3) is 16.7 Å². The van der Waals surface area contributed by atoms with Crippen molar-refractivity contribution in [2.24, 2.45) is 5.92 Å². The van der Waals surface area contributed by atoms with E-state index in [0.717, 1.165) is 36.0 Å². The van der Waals surface area contributed by atoms with E-state index >= 15 is 0 Å². The van der Waals surface area contributed by atoms with Gasteiger partial charge in [0.1, 0.15) is 17.8 Å². The zero-order valence-electron chi connectivity index (χ0n) is 19.5. The minimum Gasteiger partial charge on any atom is -0.336 e. The van der Waals surface area contributed by atoms with Crippen LogP contribution in [-0.4, -0.2) is 69.7 Å². The van der Waals surface area contributed by atoms with E-state index in [0.29, 0.717) is 31.7 Å². The van der Waals surface area contributed by atoms with Crippen molar-refractivity contribution < 1.29 is 14.0 Å². The van der Waals surface area contributed by atoms with Crippen molar-refractivity contribution in [3.05, 3.63) is 60.2 Å².